The molecule has 2 heterocycles. The molecular formula is C19H22N2O5. The summed E-state index contributed by atoms with van der Waals surface area (Å²) in [6.45, 7) is 1.15. The number of carbonyl (C=O) groups is 2. The molecule has 1 aliphatic heterocycles. The van der Waals surface area contributed by atoms with Crippen LogP contribution in [-0.4, -0.2) is 50.1 Å². The number of carbonyl (C=O) groups excluding carboxylic acids is 2. The van der Waals surface area contributed by atoms with E-state index in [1.54, 1.807) is 49.5 Å². The minimum absolute atomic E-state index is 0.0142. The van der Waals surface area contributed by atoms with Crippen molar-refractivity contribution < 1.29 is 23.5 Å². The molecule has 2 amide bonds. The van der Waals surface area contributed by atoms with Gasteiger partial charge < -0.3 is 24.1 Å². The Morgan fingerprint density at radius 1 is 1.12 bits per heavy atom. The van der Waals surface area contributed by atoms with Crippen LogP contribution in [-0.2, 0) is 0 Å². The van der Waals surface area contributed by atoms with Crippen molar-refractivity contribution in [1.29, 1.82) is 0 Å². The van der Waals surface area contributed by atoms with E-state index in [0.29, 0.717) is 48.8 Å². The van der Waals surface area contributed by atoms with Crippen molar-refractivity contribution in [3.05, 3.63) is 47.9 Å². The summed E-state index contributed by atoms with van der Waals surface area (Å²) in [5, 5.41) is 3.02. The van der Waals surface area contributed by atoms with E-state index in [1.807, 2.05) is 0 Å². The number of ether oxygens (including phenoxy) is 2. The Labute approximate surface area is 151 Å². The molecule has 0 saturated carbocycles. The smallest absolute Gasteiger partial charge is 0.289 e. The molecule has 1 aliphatic rings. The highest BCUT2D eigenvalue weighted by molar-refractivity contribution is 5.95. The largest absolute Gasteiger partial charge is 0.497 e. The Hall–Kier alpha value is -2.96. The Morgan fingerprint density at radius 3 is 2.31 bits per heavy atom. The minimum atomic E-state index is -0.182. The second-order valence-electron chi connectivity index (χ2n) is 6.12. The van der Waals surface area contributed by atoms with Gasteiger partial charge in [0.2, 0.25) is 0 Å². The van der Waals surface area contributed by atoms with Gasteiger partial charge in [0.05, 0.1) is 20.5 Å². The number of methoxy groups -OCH3 is 2. The second kappa shape index (κ2) is 7.95. The molecule has 1 aromatic heterocycles. The predicted molar refractivity (Wildman–Crippen MR) is 94.6 cm³/mol. The maximum Gasteiger partial charge on any atom is 0.289 e. The SMILES string of the molecule is COc1cc(OC)cc(C(=O)NC2CCN(C(=O)c3ccco3)CC2)c1. The van der Waals surface area contributed by atoms with Gasteiger partial charge >= 0.3 is 0 Å². The number of hydrogen-bond acceptors (Lipinski definition) is 5. The highest BCUT2D eigenvalue weighted by atomic mass is 16.5. The first-order valence-corrected chi connectivity index (χ1v) is 8.47. The first kappa shape index (κ1) is 17.8. The zero-order valence-electron chi connectivity index (χ0n) is 14.9. The molecule has 0 bridgehead atoms. The van der Waals surface area contributed by atoms with Gasteiger partial charge in [0, 0.05) is 30.8 Å². The van der Waals surface area contributed by atoms with E-state index < -0.39 is 0 Å². The fourth-order valence-corrected chi connectivity index (χ4v) is 2.99. The van der Waals surface area contributed by atoms with Crippen LogP contribution in [0, 0.1) is 0 Å². The summed E-state index contributed by atoms with van der Waals surface area (Å²) in [6, 6.07) is 8.44. The predicted octanol–water partition coefficient (Wildman–Crippen LogP) is 2.33. The summed E-state index contributed by atoms with van der Waals surface area (Å²) >= 11 is 0. The average molecular weight is 358 g/mol. The molecule has 1 saturated heterocycles. The number of benzene rings is 1. The molecule has 0 spiro atoms. The fourth-order valence-electron chi connectivity index (χ4n) is 2.99. The van der Waals surface area contributed by atoms with Gasteiger partial charge in [-0.1, -0.05) is 0 Å². The molecule has 7 nitrogen and oxygen atoms in total. The van der Waals surface area contributed by atoms with E-state index in [-0.39, 0.29) is 17.9 Å². The van der Waals surface area contributed by atoms with Gasteiger partial charge in [0.15, 0.2) is 5.76 Å². The highest BCUT2D eigenvalue weighted by Gasteiger charge is 2.26. The van der Waals surface area contributed by atoms with Gasteiger partial charge in [-0.15, -0.1) is 0 Å². The Balaban J connectivity index is 1.57. The van der Waals surface area contributed by atoms with E-state index in [9.17, 15) is 9.59 Å². The summed E-state index contributed by atoms with van der Waals surface area (Å²) < 4.78 is 15.6. The lowest BCUT2D eigenvalue weighted by Crippen LogP contribution is -2.46. The van der Waals surface area contributed by atoms with E-state index in [0.717, 1.165) is 0 Å². The van der Waals surface area contributed by atoms with Crippen molar-refractivity contribution in [2.45, 2.75) is 18.9 Å². The van der Waals surface area contributed by atoms with Gasteiger partial charge in [-0.3, -0.25) is 9.59 Å². The quantitative estimate of drug-likeness (QED) is 0.887. The van der Waals surface area contributed by atoms with Crippen molar-refractivity contribution in [3.63, 3.8) is 0 Å². The highest BCUT2D eigenvalue weighted by Crippen LogP contribution is 2.23. The van der Waals surface area contributed by atoms with Crippen LogP contribution in [0.1, 0.15) is 33.8 Å². The molecule has 0 aliphatic carbocycles. The van der Waals surface area contributed by atoms with Crippen LogP contribution < -0.4 is 14.8 Å². The number of amides is 2. The number of likely N-dealkylation sites (tertiary alicyclic amines) is 1. The molecule has 7 heteroatoms. The lowest BCUT2D eigenvalue weighted by atomic mass is 10.0. The van der Waals surface area contributed by atoms with Crippen LogP contribution in [0.25, 0.3) is 0 Å². The summed E-state index contributed by atoms with van der Waals surface area (Å²) in [5.74, 6) is 1.17. The Kier molecular flexibility index (Phi) is 5.46. The molecule has 138 valence electrons. The molecule has 3 rings (SSSR count). The Morgan fingerprint density at radius 2 is 1.77 bits per heavy atom. The summed E-state index contributed by atoms with van der Waals surface area (Å²) in [4.78, 5) is 26.5. The monoisotopic (exact) mass is 358 g/mol. The second-order valence-corrected chi connectivity index (χ2v) is 6.12. The third-order valence-corrected chi connectivity index (χ3v) is 4.46. The maximum absolute atomic E-state index is 12.5. The number of nitrogens with one attached hydrogen (secondary N) is 1. The van der Waals surface area contributed by atoms with Crippen LogP contribution >= 0.6 is 0 Å². The van der Waals surface area contributed by atoms with E-state index >= 15 is 0 Å². The number of hydrogen-bond donors (Lipinski definition) is 1. The summed E-state index contributed by atoms with van der Waals surface area (Å²) in [6.07, 6.45) is 2.88. The zero-order valence-corrected chi connectivity index (χ0v) is 14.9. The normalized spacial score (nSPS) is 14.8. The van der Waals surface area contributed by atoms with Crippen LogP contribution in [0.2, 0.25) is 0 Å². The van der Waals surface area contributed by atoms with E-state index in [4.69, 9.17) is 13.9 Å². The van der Waals surface area contributed by atoms with Gasteiger partial charge in [0.25, 0.3) is 11.8 Å². The van der Waals surface area contributed by atoms with Crippen LogP contribution in [0.4, 0.5) is 0 Å². The molecule has 0 radical (unpaired) electrons. The number of rotatable bonds is 5. The van der Waals surface area contributed by atoms with Crippen LogP contribution in [0.3, 0.4) is 0 Å². The summed E-state index contributed by atoms with van der Waals surface area (Å²) in [7, 11) is 3.09. The summed E-state index contributed by atoms with van der Waals surface area (Å²) in [5.41, 5.74) is 0.482. The standard InChI is InChI=1S/C19H22N2O5/c1-24-15-10-13(11-16(12-15)25-2)18(22)20-14-5-7-21(8-6-14)19(23)17-4-3-9-26-17/h3-4,9-12,14H,5-8H2,1-2H3,(H,20,22). The topological polar surface area (TPSA) is 81.0 Å². The maximum atomic E-state index is 12.5. The van der Waals surface area contributed by atoms with E-state index in [1.165, 1.54) is 6.26 Å². The van der Waals surface area contributed by atoms with Crippen molar-refractivity contribution in [2.24, 2.45) is 0 Å². The third kappa shape index (κ3) is 3.99. The molecule has 1 aromatic carbocycles. The molecular weight excluding hydrogens is 336 g/mol. The first-order chi connectivity index (χ1) is 12.6. The molecule has 0 atom stereocenters. The van der Waals surface area contributed by atoms with Gasteiger partial charge in [-0.05, 0) is 37.1 Å². The molecule has 26 heavy (non-hydrogen) atoms. The average Bonchev–Trinajstić information content (AvgIpc) is 3.22. The van der Waals surface area contributed by atoms with Crippen LogP contribution in [0.15, 0.2) is 41.0 Å². The fraction of sp³-hybridized carbons (Fsp3) is 0.368. The van der Waals surface area contributed by atoms with Crippen LogP contribution in [0.5, 0.6) is 11.5 Å². The molecule has 2 aromatic rings. The van der Waals surface area contributed by atoms with Gasteiger partial charge in [-0.25, -0.2) is 0 Å². The van der Waals surface area contributed by atoms with Crippen molar-refractivity contribution >= 4 is 11.8 Å². The third-order valence-electron chi connectivity index (χ3n) is 4.46. The number of piperidine rings is 1. The van der Waals surface area contributed by atoms with Crippen molar-refractivity contribution in [3.8, 4) is 11.5 Å². The van der Waals surface area contributed by atoms with Gasteiger partial charge in [0.1, 0.15) is 11.5 Å². The minimum Gasteiger partial charge on any atom is -0.497 e. The van der Waals surface area contributed by atoms with Crippen molar-refractivity contribution in [1.82, 2.24) is 10.2 Å². The lowest BCUT2D eigenvalue weighted by Gasteiger charge is -2.31. The van der Waals surface area contributed by atoms with Gasteiger partial charge in [-0.2, -0.15) is 0 Å². The zero-order chi connectivity index (χ0) is 18.5. The van der Waals surface area contributed by atoms with Crippen molar-refractivity contribution in [2.75, 3.05) is 27.3 Å². The molecule has 1 N–H and O–H groups in total. The Bertz CT molecular complexity index is 742. The lowest BCUT2D eigenvalue weighted by molar-refractivity contribution is 0.0667. The van der Waals surface area contributed by atoms with E-state index in [2.05, 4.69) is 5.32 Å². The first-order valence-electron chi connectivity index (χ1n) is 8.47. The molecule has 0 unspecified atom stereocenters. The number of furan rings is 1. The molecule has 1 fully saturated rings. The number of nitrogens with zero attached hydrogens (tertiary/aromatic N) is 1.